The third kappa shape index (κ3) is 4.40. The van der Waals surface area contributed by atoms with Crippen LogP contribution in [-0.4, -0.2) is 87.6 Å². The van der Waals surface area contributed by atoms with Gasteiger partial charge >= 0.3 is 0 Å². The first kappa shape index (κ1) is 28.6. The lowest BCUT2D eigenvalue weighted by Crippen LogP contribution is -2.59. The third-order valence-corrected chi connectivity index (χ3v) is 9.81. The van der Waals surface area contributed by atoms with Gasteiger partial charge in [0.15, 0.2) is 0 Å². The Morgan fingerprint density at radius 2 is 1.77 bits per heavy atom. The number of aliphatic hydroxyl groups excluding tert-OH is 1. The molecule has 40 heavy (non-hydrogen) atoms. The molecule has 1 spiro atoms. The van der Waals surface area contributed by atoms with Crippen LogP contribution in [0.3, 0.4) is 0 Å². The quantitative estimate of drug-likeness (QED) is 0.452. The predicted molar refractivity (Wildman–Crippen MR) is 152 cm³/mol. The van der Waals surface area contributed by atoms with Crippen molar-refractivity contribution in [3.8, 4) is 0 Å². The average Bonchev–Trinajstić information content (AvgIpc) is 3.53. The molecule has 0 radical (unpaired) electrons. The van der Waals surface area contributed by atoms with Crippen LogP contribution in [0.4, 0.5) is 0 Å². The van der Waals surface area contributed by atoms with Crippen LogP contribution in [0.2, 0.25) is 0 Å². The maximum Gasteiger partial charge on any atom is 0.248 e. The van der Waals surface area contributed by atoms with Crippen molar-refractivity contribution >= 4 is 17.7 Å². The van der Waals surface area contributed by atoms with Crippen molar-refractivity contribution in [2.45, 2.75) is 81.2 Å². The number of likely N-dealkylation sites (tertiary alicyclic amines) is 1. The molecular formula is C32H43N3O5. The van der Waals surface area contributed by atoms with Gasteiger partial charge in [-0.2, -0.15) is 0 Å². The fourth-order valence-corrected chi connectivity index (χ4v) is 8.01. The summed E-state index contributed by atoms with van der Waals surface area (Å²) in [5.41, 5.74) is -1.26. The molecule has 3 heterocycles. The lowest BCUT2D eigenvalue weighted by Gasteiger charge is -2.42. The molecule has 3 amide bonds. The Hall–Kier alpha value is -2.97. The second kappa shape index (κ2) is 11.1. The molecule has 1 aromatic rings. The summed E-state index contributed by atoms with van der Waals surface area (Å²) in [6.45, 7) is 9.98. The van der Waals surface area contributed by atoms with Crippen molar-refractivity contribution in [2.75, 3.05) is 26.7 Å². The lowest BCUT2D eigenvalue weighted by molar-refractivity contribution is -0.157. The van der Waals surface area contributed by atoms with Crippen LogP contribution in [-0.2, 0) is 19.1 Å². The van der Waals surface area contributed by atoms with Gasteiger partial charge in [-0.1, -0.05) is 61.7 Å². The van der Waals surface area contributed by atoms with Crippen LogP contribution in [0, 0.1) is 11.8 Å². The van der Waals surface area contributed by atoms with Crippen LogP contribution in [0.5, 0.6) is 0 Å². The summed E-state index contributed by atoms with van der Waals surface area (Å²) in [5, 5.41) is 10.7. The Balaban J connectivity index is 1.63. The summed E-state index contributed by atoms with van der Waals surface area (Å²) in [6.07, 6.45) is 9.55. The summed E-state index contributed by atoms with van der Waals surface area (Å²) in [5.74, 6) is -2.18. The Bertz CT molecular complexity index is 1150. The number of aliphatic hydroxyl groups is 1. The molecule has 2 unspecified atom stereocenters. The number of rotatable bonds is 10. The van der Waals surface area contributed by atoms with Crippen molar-refractivity contribution in [3.63, 3.8) is 0 Å². The Morgan fingerprint density at radius 1 is 1.10 bits per heavy atom. The molecule has 3 saturated heterocycles. The molecule has 8 nitrogen and oxygen atoms in total. The molecule has 2 bridgehead atoms. The second-order valence-electron chi connectivity index (χ2n) is 12.2. The topological polar surface area (TPSA) is 90.4 Å². The van der Waals surface area contributed by atoms with E-state index in [1.807, 2.05) is 42.2 Å². The predicted octanol–water partition coefficient (Wildman–Crippen LogP) is 3.48. The van der Waals surface area contributed by atoms with E-state index in [0.717, 1.165) is 37.7 Å². The van der Waals surface area contributed by atoms with E-state index in [2.05, 4.69) is 13.2 Å². The number of carbonyl (C=O) groups excluding carboxylic acids is 3. The average molecular weight is 550 g/mol. The van der Waals surface area contributed by atoms with Crippen LogP contribution >= 0.6 is 0 Å². The molecule has 8 heteroatoms. The van der Waals surface area contributed by atoms with E-state index in [-0.39, 0.29) is 30.4 Å². The largest absolute Gasteiger partial charge is 0.394 e. The minimum Gasteiger partial charge on any atom is -0.394 e. The van der Waals surface area contributed by atoms with E-state index in [0.29, 0.717) is 25.9 Å². The minimum absolute atomic E-state index is 0.0568. The third-order valence-electron chi connectivity index (χ3n) is 9.81. The van der Waals surface area contributed by atoms with Gasteiger partial charge in [-0.05, 0) is 38.2 Å². The van der Waals surface area contributed by atoms with E-state index in [9.17, 15) is 19.5 Å². The first-order valence-corrected chi connectivity index (χ1v) is 14.7. The Kier molecular flexibility index (Phi) is 7.94. The highest BCUT2D eigenvalue weighted by Crippen LogP contribution is 2.64. The Morgan fingerprint density at radius 3 is 2.40 bits per heavy atom. The Labute approximate surface area is 237 Å². The molecular weight excluding hydrogens is 506 g/mol. The monoisotopic (exact) mass is 549 g/mol. The summed E-state index contributed by atoms with van der Waals surface area (Å²) in [6, 6.07) is 7.70. The molecule has 4 aliphatic rings. The number of fused-ring (bicyclic) bond motifs is 1. The molecule has 6 atom stereocenters. The number of likely N-dealkylation sites (N-methyl/N-ethyl adjacent to an activating group) is 1. The van der Waals surface area contributed by atoms with Gasteiger partial charge in [0.2, 0.25) is 17.7 Å². The summed E-state index contributed by atoms with van der Waals surface area (Å²) in [7, 11) is 1.71. The van der Waals surface area contributed by atoms with Gasteiger partial charge in [0.1, 0.15) is 11.6 Å². The molecule has 5 rings (SSSR count). The molecule has 4 fully saturated rings. The van der Waals surface area contributed by atoms with Crippen LogP contribution in [0.15, 0.2) is 55.6 Å². The number of amides is 3. The lowest BCUT2D eigenvalue weighted by atomic mass is 9.66. The van der Waals surface area contributed by atoms with Crippen LogP contribution in [0.25, 0.3) is 0 Å². The molecule has 216 valence electrons. The molecule has 0 aromatic heterocycles. The van der Waals surface area contributed by atoms with E-state index >= 15 is 0 Å². The van der Waals surface area contributed by atoms with Gasteiger partial charge in [0.05, 0.1) is 30.1 Å². The van der Waals surface area contributed by atoms with Crippen molar-refractivity contribution < 1.29 is 24.2 Å². The van der Waals surface area contributed by atoms with Crippen molar-refractivity contribution in [1.82, 2.24) is 14.7 Å². The SMILES string of the molecule is C=CCN(C)C(=O)[C@H]1[C@H]2C(=O)N([C@H](CO)c3ccccc3)C(C(=O)N(CC=C)C3CCCCC3)C23CC[C@]1(C)O3. The fourth-order valence-electron chi connectivity index (χ4n) is 8.01. The zero-order valence-corrected chi connectivity index (χ0v) is 23.8. The van der Waals surface area contributed by atoms with Gasteiger partial charge in [-0.25, -0.2) is 0 Å². The standard InChI is InChI=1S/C32H43N3O5/c1-5-19-33(4)28(37)25-26-29(38)35(24(21-36)22-13-9-7-10-14-22)27(32(26)18-17-31(25,3)40-32)30(39)34(20-6-2)23-15-11-8-12-16-23/h5-7,9-10,13-14,23-27,36H,1-2,8,11-12,15-21H2,3-4H3/t24-,25-,26+,27?,31+,32?/m1/s1. The van der Waals surface area contributed by atoms with Crippen molar-refractivity contribution in [2.24, 2.45) is 11.8 Å². The minimum atomic E-state index is -1.14. The van der Waals surface area contributed by atoms with E-state index < -0.39 is 35.1 Å². The maximum absolute atomic E-state index is 14.8. The zero-order chi connectivity index (χ0) is 28.7. The van der Waals surface area contributed by atoms with E-state index in [1.54, 1.807) is 29.0 Å². The second-order valence-corrected chi connectivity index (χ2v) is 12.2. The summed E-state index contributed by atoms with van der Waals surface area (Å²) >= 11 is 0. The van der Waals surface area contributed by atoms with Gasteiger partial charge in [0.25, 0.3) is 0 Å². The van der Waals surface area contributed by atoms with Gasteiger partial charge in [-0.3, -0.25) is 14.4 Å². The zero-order valence-electron chi connectivity index (χ0n) is 23.8. The fraction of sp³-hybridized carbons (Fsp3) is 0.594. The first-order chi connectivity index (χ1) is 19.2. The molecule has 1 saturated carbocycles. The molecule has 1 aliphatic carbocycles. The molecule has 3 aliphatic heterocycles. The highest BCUT2D eigenvalue weighted by Gasteiger charge is 2.79. The number of nitrogens with zero attached hydrogens (tertiary/aromatic N) is 3. The number of benzene rings is 1. The van der Waals surface area contributed by atoms with Crippen molar-refractivity contribution in [1.29, 1.82) is 0 Å². The highest BCUT2D eigenvalue weighted by atomic mass is 16.5. The number of hydrogen-bond acceptors (Lipinski definition) is 5. The molecule has 1 N–H and O–H groups in total. The van der Waals surface area contributed by atoms with Crippen molar-refractivity contribution in [3.05, 3.63) is 61.2 Å². The maximum atomic E-state index is 14.8. The number of carbonyl (C=O) groups is 3. The highest BCUT2D eigenvalue weighted by molar-refractivity contribution is 5.99. The van der Waals surface area contributed by atoms with E-state index in [1.165, 1.54) is 0 Å². The summed E-state index contributed by atoms with van der Waals surface area (Å²) in [4.78, 5) is 48.3. The van der Waals surface area contributed by atoms with E-state index in [4.69, 9.17) is 4.74 Å². The van der Waals surface area contributed by atoms with Crippen LogP contribution < -0.4 is 0 Å². The number of ether oxygens (including phenoxy) is 1. The van der Waals surface area contributed by atoms with Crippen LogP contribution in [0.1, 0.15) is 63.5 Å². The number of hydrogen-bond donors (Lipinski definition) is 1. The smallest absolute Gasteiger partial charge is 0.248 e. The molecule has 1 aromatic carbocycles. The first-order valence-electron chi connectivity index (χ1n) is 14.7. The van der Waals surface area contributed by atoms with Gasteiger partial charge < -0.3 is 24.5 Å². The summed E-state index contributed by atoms with van der Waals surface area (Å²) < 4.78 is 6.82. The van der Waals surface area contributed by atoms with Gasteiger partial charge in [-0.15, -0.1) is 13.2 Å². The van der Waals surface area contributed by atoms with Gasteiger partial charge in [0, 0.05) is 26.2 Å². The normalized spacial score (nSPS) is 32.0.